The standard InChI is InChI=1S/C25H34N4O3/c1-19-4-2-5-20(16-19)18-28-11-9-22(10-12-28)27-25(31)29-13-7-21(8-14-29)24(30)26-17-23-6-3-15-32-23/h2-6,15-16,21-22H,7-14,17-18H2,1H3,(H,26,30)(H,27,31). The van der Waals surface area contributed by atoms with Crippen molar-refractivity contribution in [2.24, 2.45) is 5.92 Å². The van der Waals surface area contributed by atoms with E-state index in [0.29, 0.717) is 32.5 Å². The molecule has 7 heteroatoms. The van der Waals surface area contributed by atoms with Crippen LogP contribution in [0.4, 0.5) is 4.79 Å². The number of hydrogen-bond acceptors (Lipinski definition) is 4. The first-order chi connectivity index (χ1) is 15.6. The molecule has 2 N–H and O–H groups in total. The number of amides is 3. The van der Waals surface area contributed by atoms with E-state index in [1.165, 1.54) is 11.1 Å². The predicted octanol–water partition coefficient (Wildman–Crippen LogP) is 3.29. The first kappa shape index (κ1) is 22.4. The molecule has 0 bridgehead atoms. The first-order valence-electron chi connectivity index (χ1n) is 11.7. The molecular formula is C25H34N4O3. The third kappa shape index (κ3) is 6.13. The first-order valence-corrected chi connectivity index (χ1v) is 11.7. The number of benzene rings is 1. The summed E-state index contributed by atoms with van der Waals surface area (Å²) >= 11 is 0. The molecule has 7 nitrogen and oxygen atoms in total. The number of urea groups is 1. The third-order valence-corrected chi connectivity index (χ3v) is 6.57. The summed E-state index contributed by atoms with van der Waals surface area (Å²) in [7, 11) is 0. The number of aryl methyl sites for hydroxylation is 1. The van der Waals surface area contributed by atoms with Gasteiger partial charge in [-0.25, -0.2) is 4.79 Å². The maximum absolute atomic E-state index is 12.7. The van der Waals surface area contributed by atoms with Crippen LogP contribution in [0.5, 0.6) is 0 Å². The van der Waals surface area contributed by atoms with Crippen molar-refractivity contribution in [3.63, 3.8) is 0 Å². The van der Waals surface area contributed by atoms with E-state index in [2.05, 4.69) is 46.7 Å². The van der Waals surface area contributed by atoms with Crippen LogP contribution >= 0.6 is 0 Å². The predicted molar refractivity (Wildman–Crippen MR) is 123 cm³/mol. The van der Waals surface area contributed by atoms with Gasteiger partial charge in [-0.2, -0.15) is 0 Å². The smallest absolute Gasteiger partial charge is 0.317 e. The van der Waals surface area contributed by atoms with Gasteiger partial charge in [0.1, 0.15) is 5.76 Å². The van der Waals surface area contributed by atoms with Crippen LogP contribution in [0.3, 0.4) is 0 Å². The van der Waals surface area contributed by atoms with Gasteiger partial charge >= 0.3 is 6.03 Å². The minimum atomic E-state index is -0.0427. The number of piperidine rings is 2. The Kier molecular flexibility index (Phi) is 7.47. The molecule has 0 radical (unpaired) electrons. The number of nitrogens with one attached hydrogen (secondary N) is 2. The SMILES string of the molecule is Cc1cccc(CN2CCC(NC(=O)N3CCC(C(=O)NCc4ccco4)CC3)CC2)c1. The molecule has 2 fully saturated rings. The second-order valence-corrected chi connectivity index (χ2v) is 9.05. The number of hydrogen-bond donors (Lipinski definition) is 2. The quantitative estimate of drug-likeness (QED) is 0.726. The molecule has 3 amide bonds. The fourth-order valence-electron chi connectivity index (χ4n) is 4.65. The molecule has 0 aliphatic carbocycles. The fourth-order valence-corrected chi connectivity index (χ4v) is 4.65. The third-order valence-electron chi connectivity index (χ3n) is 6.57. The summed E-state index contributed by atoms with van der Waals surface area (Å²) in [6.07, 6.45) is 4.96. The normalized spacial score (nSPS) is 18.5. The highest BCUT2D eigenvalue weighted by Crippen LogP contribution is 2.19. The summed E-state index contributed by atoms with van der Waals surface area (Å²) in [5.41, 5.74) is 2.65. The average molecular weight is 439 g/mol. The topological polar surface area (TPSA) is 77.8 Å². The summed E-state index contributed by atoms with van der Waals surface area (Å²) in [6.45, 7) is 6.75. The highest BCUT2D eigenvalue weighted by molar-refractivity contribution is 5.79. The Hall–Kier alpha value is -2.80. The van der Waals surface area contributed by atoms with Gasteiger partial charge in [0.05, 0.1) is 12.8 Å². The highest BCUT2D eigenvalue weighted by Gasteiger charge is 2.29. The lowest BCUT2D eigenvalue weighted by atomic mass is 9.96. The Balaban J connectivity index is 1.14. The number of nitrogens with zero attached hydrogens (tertiary/aromatic N) is 2. The van der Waals surface area contributed by atoms with Crippen LogP contribution in [0.2, 0.25) is 0 Å². The molecule has 3 heterocycles. The van der Waals surface area contributed by atoms with Crippen LogP contribution in [-0.2, 0) is 17.9 Å². The lowest BCUT2D eigenvalue weighted by molar-refractivity contribution is -0.126. The Morgan fingerprint density at radius 2 is 1.81 bits per heavy atom. The van der Waals surface area contributed by atoms with Crippen LogP contribution in [0.25, 0.3) is 0 Å². The van der Waals surface area contributed by atoms with Crippen LogP contribution in [0.15, 0.2) is 47.1 Å². The Bertz CT molecular complexity index is 882. The lowest BCUT2D eigenvalue weighted by Crippen LogP contribution is -2.51. The largest absolute Gasteiger partial charge is 0.467 e. The van der Waals surface area contributed by atoms with Gasteiger partial charge in [-0.15, -0.1) is 0 Å². The van der Waals surface area contributed by atoms with E-state index in [0.717, 1.165) is 38.2 Å². The van der Waals surface area contributed by atoms with Gasteiger partial charge in [0.25, 0.3) is 0 Å². The number of furan rings is 1. The summed E-state index contributed by atoms with van der Waals surface area (Å²) in [6, 6.07) is 12.6. The minimum Gasteiger partial charge on any atom is -0.467 e. The molecule has 32 heavy (non-hydrogen) atoms. The van der Waals surface area contributed by atoms with Crippen molar-refractivity contribution >= 4 is 11.9 Å². The van der Waals surface area contributed by atoms with Crippen molar-refractivity contribution in [3.05, 3.63) is 59.5 Å². The zero-order valence-electron chi connectivity index (χ0n) is 18.9. The molecule has 2 aliphatic rings. The molecule has 0 saturated carbocycles. The lowest BCUT2D eigenvalue weighted by Gasteiger charge is -2.35. The van der Waals surface area contributed by atoms with Crippen molar-refractivity contribution in [2.45, 2.75) is 51.7 Å². The maximum atomic E-state index is 12.7. The van der Waals surface area contributed by atoms with Gasteiger partial charge in [0, 0.05) is 44.7 Å². The molecule has 2 aromatic rings. The van der Waals surface area contributed by atoms with E-state index >= 15 is 0 Å². The van der Waals surface area contributed by atoms with Crippen LogP contribution in [-0.4, -0.2) is 54.0 Å². The number of carbonyl (C=O) groups is 2. The molecule has 0 spiro atoms. The average Bonchev–Trinajstić information content (AvgIpc) is 3.33. The molecule has 1 aromatic heterocycles. The van der Waals surface area contributed by atoms with Crippen molar-refractivity contribution in [2.75, 3.05) is 26.2 Å². The summed E-state index contributed by atoms with van der Waals surface area (Å²) in [4.78, 5) is 29.4. The molecule has 0 unspecified atom stereocenters. The van der Waals surface area contributed by atoms with E-state index in [1.807, 2.05) is 17.0 Å². The fraction of sp³-hybridized carbons (Fsp3) is 0.520. The number of rotatable bonds is 6. The van der Waals surface area contributed by atoms with E-state index in [4.69, 9.17) is 4.42 Å². The van der Waals surface area contributed by atoms with Gasteiger partial charge in [-0.3, -0.25) is 9.69 Å². The van der Waals surface area contributed by atoms with E-state index in [9.17, 15) is 9.59 Å². The van der Waals surface area contributed by atoms with E-state index in [1.54, 1.807) is 6.26 Å². The van der Waals surface area contributed by atoms with E-state index in [-0.39, 0.29) is 23.9 Å². The summed E-state index contributed by atoms with van der Waals surface area (Å²) < 4.78 is 5.25. The molecule has 0 atom stereocenters. The van der Waals surface area contributed by atoms with Crippen LogP contribution in [0, 0.1) is 12.8 Å². The maximum Gasteiger partial charge on any atom is 0.317 e. The molecule has 4 rings (SSSR count). The minimum absolute atomic E-state index is 0.0107. The zero-order valence-corrected chi connectivity index (χ0v) is 18.9. The van der Waals surface area contributed by atoms with Gasteiger partial charge in [0.15, 0.2) is 0 Å². The monoisotopic (exact) mass is 438 g/mol. The van der Waals surface area contributed by atoms with E-state index < -0.39 is 0 Å². The van der Waals surface area contributed by atoms with Crippen molar-refractivity contribution in [1.29, 1.82) is 0 Å². The Morgan fingerprint density at radius 1 is 1.03 bits per heavy atom. The van der Waals surface area contributed by atoms with Gasteiger partial charge in [0.2, 0.25) is 5.91 Å². The molecule has 2 aliphatic heterocycles. The molecule has 1 aromatic carbocycles. The Morgan fingerprint density at radius 3 is 2.50 bits per heavy atom. The van der Waals surface area contributed by atoms with Crippen molar-refractivity contribution in [3.8, 4) is 0 Å². The van der Waals surface area contributed by atoms with Gasteiger partial charge in [-0.1, -0.05) is 29.8 Å². The number of likely N-dealkylation sites (tertiary alicyclic amines) is 2. The molecule has 172 valence electrons. The van der Waals surface area contributed by atoms with Gasteiger partial charge < -0.3 is 20.0 Å². The Labute approximate surface area is 190 Å². The highest BCUT2D eigenvalue weighted by atomic mass is 16.3. The van der Waals surface area contributed by atoms with Gasteiger partial charge in [-0.05, 0) is 50.3 Å². The number of carbonyl (C=O) groups excluding carboxylic acids is 2. The van der Waals surface area contributed by atoms with Crippen molar-refractivity contribution in [1.82, 2.24) is 20.4 Å². The second-order valence-electron chi connectivity index (χ2n) is 9.05. The molecular weight excluding hydrogens is 404 g/mol. The second kappa shape index (κ2) is 10.7. The van der Waals surface area contributed by atoms with Crippen LogP contribution in [0.1, 0.15) is 42.6 Å². The van der Waals surface area contributed by atoms with Crippen molar-refractivity contribution < 1.29 is 14.0 Å². The summed E-state index contributed by atoms with van der Waals surface area (Å²) in [5, 5.41) is 6.15. The van der Waals surface area contributed by atoms with Crippen LogP contribution < -0.4 is 10.6 Å². The zero-order chi connectivity index (χ0) is 22.3. The molecule has 2 saturated heterocycles. The summed E-state index contributed by atoms with van der Waals surface area (Å²) in [5.74, 6) is 0.751.